The van der Waals surface area contributed by atoms with E-state index < -0.39 is 12.2 Å². The minimum absolute atomic E-state index is 0.516. The lowest BCUT2D eigenvalue weighted by Crippen LogP contribution is -2.29. The summed E-state index contributed by atoms with van der Waals surface area (Å²) in [4.78, 5) is 21.7. The number of nitrogens with one attached hydrogen (secondary N) is 2. The second-order valence-corrected chi connectivity index (χ2v) is 5.60. The van der Waals surface area contributed by atoms with Crippen molar-refractivity contribution in [3.8, 4) is 0 Å². The molecule has 0 saturated heterocycles. The van der Waals surface area contributed by atoms with Crippen molar-refractivity contribution >= 4 is 23.6 Å². The molecule has 0 fully saturated rings. The van der Waals surface area contributed by atoms with Gasteiger partial charge < -0.3 is 30.4 Å². The summed E-state index contributed by atoms with van der Waals surface area (Å²) in [5.41, 5.74) is 4.78. The molecule has 2 amide bonds. The van der Waals surface area contributed by atoms with Crippen LogP contribution in [0.4, 0.5) is 21.0 Å². The molecule has 0 spiro atoms. The predicted molar refractivity (Wildman–Crippen MR) is 92.5 cm³/mol. The molecule has 2 aromatic rings. The third-order valence-corrected chi connectivity index (χ3v) is 4.11. The highest BCUT2D eigenvalue weighted by molar-refractivity contribution is 5.83. The fourth-order valence-electron chi connectivity index (χ4n) is 3.09. The molecule has 132 valence electrons. The summed E-state index contributed by atoms with van der Waals surface area (Å²) < 4.78 is 0. The van der Waals surface area contributed by atoms with Crippen molar-refractivity contribution in [2.75, 3.05) is 10.6 Å². The van der Waals surface area contributed by atoms with E-state index in [1.807, 2.05) is 26.0 Å². The number of benzene rings is 2. The lowest BCUT2D eigenvalue weighted by Gasteiger charge is -2.19. The zero-order chi connectivity index (χ0) is 18.4. The minimum Gasteiger partial charge on any atom is -0.530 e. The first kappa shape index (κ1) is 18.3. The maximum Gasteiger partial charge on any atom is 0.138 e. The quantitative estimate of drug-likeness (QED) is 0.838. The molecule has 0 aromatic heterocycles. The summed E-state index contributed by atoms with van der Waals surface area (Å²) in [5, 5.41) is 26.4. The van der Waals surface area contributed by atoms with Crippen LogP contribution >= 0.6 is 0 Å². The van der Waals surface area contributed by atoms with Crippen molar-refractivity contribution < 1.29 is 19.8 Å². The number of carbonyl (C=O) groups excluding carboxylic acids is 2. The van der Waals surface area contributed by atoms with Gasteiger partial charge in [0, 0.05) is 11.4 Å². The van der Waals surface area contributed by atoms with E-state index in [0.717, 1.165) is 22.3 Å². The van der Waals surface area contributed by atoms with Crippen molar-refractivity contribution in [3.63, 3.8) is 0 Å². The summed E-state index contributed by atoms with van der Waals surface area (Å²) in [5.74, 6) is 0. The fraction of sp³-hybridized carbons (Fsp3) is 0.263. The van der Waals surface area contributed by atoms with Gasteiger partial charge in [-0.05, 0) is 53.6 Å². The molecule has 0 unspecified atom stereocenters. The van der Waals surface area contributed by atoms with Crippen LogP contribution in [0.3, 0.4) is 0 Å². The first-order valence-corrected chi connectivity index (χ1v) is 8.13. The Morgan fingerprint density at radius 3 is 1.52 bits per heavy atom. The van der Waals surface area contributed by atoms with Crippen LogP contribution in [0.15, 0.2) is 36.4 Å². The Hall–Kier alpha value is -3.02. The van der Waals surface area contributed by atoms with Gasteiger partial charge in [-0.1, -0.05) is 38.1 Å². The summed E-state index contributed by atoms with van der Waals surface area (Å²) in [6.07, 6.45) is -0.811. The highest BCUT2D eigenvalue weighted by atomic mass is 16.4. The standard InChI is InChI=1S/C19H22N2O4/c1-3-14-12(7-5-9-16(14)20-18(22)23)11-13-8-6-10-17(15(13)4-2)21-19(24)25/h5-10,20-21H,3-4,11H2,1-2H3,(H,22,23)(H,24,25)/p-2. The molecule has 0 aliphatic rings. The highest BCUT2D eigenvalue weighted by Gasteiger charge is 2.12. The van der Waals surface area contributed by atoms with Gasteiger partial charge in [0.05, 0.1) is 0 Å². The third-order valence-electron chi connectivity index (χ3n) is 4.11. The Balaban J connectivity index is 2.43. The zero-order valence-corrected chi connectivity index (χ0v) is 14.2. The van der Waals surface area contributed by atoms with E-state index in [0.29, 0.717) is 30.6 Å². The van der Waals surface area contributed by atoms with Crippen molar-refractivity contribution in [1.82, 2.24) is 0 Å². The van der Waals surface area contributed by atoms with Crippen LogP contribution in [0, 0.1) is 0 Å². The van der Waals surface area contributed by atoms with Crippen LogP contribution in [0.2, 0.25) is 0 Å². The van der Waals surface area contributed by atoms with Crippen LogP contribution in [0.25, 0.3) is 0 Å². The average molecular weight is 340 g/mol. The number of carbonyl (C=O) groups is 2. The maximum absolute atomic E-state index is 10.9. The Kier molecular flexibility index (Phi) is 6.00. The van der Waals surface area contributed by atoms with E-state index in [1.165, 1.54) is 0 Å². The highest BCUT2D eigenvalue weighted by Crippen LogP contribution is 2.27. The summed E-state index contributed by atoms with van der Waals surface area (Å²) in [6.45, 7) is 3.90. The number of rotatable bonds is 6. The molecule has 0 saturated carbocycles. The molecule has 25 heavy (non-hydrogen) atoms. The molecule has 0 bridgehead atoms. The van der Waals surface area contributed by atoms with Crippen LogP contribution in [0.1, 0.15) is 36.1 Å². The molecule has 2 rings (SSSR count). The van der Waals surface area contributed by atoms with Crippen LogP contribution in [0.5, 0.6) is 0 Å². The topological polar surface area (TPSA) is 104 Å². The fourth-order valence-corrected chi connectivity index (χ4v) is 3.09. The molecule has 2 aromatic carbocycles. The molecule has 6 nitrogen and oxygen atoms in total. The first-order valence-electron chi connectivity index (χ1n) is 8.13. The van der Waals surface area contributed by atoms with E-state index in [2.05, 4.69) is 10.6 Å². The van der Waals surface area contributed by atoms with Gasteiger partial charge in [-0.25, -0.2) is 0 Å². The van der Waals surface area contributed by atoms with E-state index >= 15 is 0 Å². The van der Waals surface area contributed by atoms with Crippen molar-refractivity contribution in [2.45, 2.75) is 33.1 Å². The maximum atomic E-state index is 10.9. The molecule has 0 radical (unpaired) electrons. The molecule has 0 heterocycles. The van der Waals surface area contributed by atoms with E-state index in [4.69, 9.17) is 0 Å². The molecular weight excluding hydrogens is 320 g/mol. The SMILES string of the molecule is CCc1c(Cc2cccc(NC(=O)[O-])c2CC)cccc1NC(=O)[O-]. The molecule has 6 heteroatoms. The second-order valence-electron chi connectivity index (χ2n) is 5.60. The Morgan fingerprint density at radius 2 is 1.20 bits per heavy atom. The van der Waals surface area contributed by atoms with E-state index in [9.17, 15) is 19.8 Å². The van der Waals surface area contributed by atoms with Gasteiger partial charge in [0.2, 0.25) is 0 Å². The lowest BCUT2D eigenvalue weighted by molar-refractivity contribution is -0.243. The second kappa shape index (κ2) is 8.19. The van der Waals surface area contributed by atoms with Crippen molar-refractivity contribution in [3.05, 3.63) is 58.7 Å². The number of carboxylic acid groups (broad SMARTS) is 2. The lowest BCUT2D eigenvalue weighted by atomic mass is 9.92. The molecular formula is C19H20N2O4-2. The smallest absolute Gasteiger partial charge is 0.138 e. The van der Waals surface area contributed by atoms with Gasteiger partial charge in [0.25, 0.3) is 0 Å². The first-order chi connectivity index (χ1) is 12.0. The van der Waals surface area contributed by atoms with Crippen LogP contribution in [-0.4, -0.2) is 12.2 Å². The summed E-state index contributed by atoms with van der Waals surface area (Å²) >= 11 is 0. The number of amides is 2. The van der Waals surface area contributed by atoms with E-state index in [1.54, 1.807) is 24.3 Å². The van der Waals surface area contributed by atoms with Crippen LogP contribution in [-0.2, 0) is 19.3 Å². The number of hydrogen-bond donors (Lipinski definition) is 2. The summed E-state index contributed by atoms with van der Waals surface area (Å²) in [6, 6.07) is 10.9. The molecule has 0 aliphatic heterocycles. The summed E-state index contributed by atoms with van der Waals surface area (Å²) in [7, 11) is 0. The third kappa shape index (κ3) is 4.50. The van der Waals surface area contributed by atoms with Gasteiger partial charge in [-0.2, -0.15) is 0 Å². The van der Waals surface area contributed by atoms with E-state index in [-0.39, 0.29) is 0 Å². The number of anilines is 2. The molecule has 0 aliphatic carbocycles. The molecule has 0 atom stereocenters. The average Bonchev–Trinajstić information content (AvgIpc) is 2.54. The zero-order valence-electron chi connectivity index (χ0n) is 14.2. The largest absolute Gasteiger partial charge is 0.530 e. The van der Waals surface area contributed by atoms with Crippen molar-refractivity contribution in [1.29, 1.82) is 0 Å². The monoisotopic (exact) mass is 340 g/mol. The minimum atomic E-state index is -1.35. The van der Waals surface area contributed by atoms with Gasteiger partial charge in [0.1, 0.15) is 12.2 Å². The van der Waals surface area contributed by atoms with Gasteiger partial charge >= 0.3 is 0 Å². The molecule has 2 N–H and O–H groups in total. The van der Waals surface area contributed by atoms with Gasteiger partial charge in [-0.3, -0.25) is 0 Å². The van der Waals surface area contributed by atoms with Crippen molar-refractivity contribution in [2.24, 2.45) is 0 Å². The van der Waals surface area contributed by atoms with Gasteiger partial charge in [-0.15, -0.1) is 0 Å². The Morgan fingerprint density at radius 1 is 0.800 bits per heavy atom. The van der Waals surface area contributed by atoms with Gasteiger partial charge in [0.15, 0.2) is 0 Å². The number of hydrogen-bond acceptors (Lipinski definition) is 4. The Bertz CT molecular complexity index is 721. The Labute approximate surface area is 146 Å². The normalized spacial score (nSPS) is 10.3. The van der Waals surface area contributed by atoms with Crippen LogP contribution < -0.4 is 20.8 Å². The predicted octanol–water partition coefficient (Wildman–Crippen LogP) is 1.91.